The van der Waals surface area contributed by atoms with E-state index in [1.807, 2.05) is 20.8 Å². The van der Waals surface area contributed by atoms with Crippen molar-refractivity contribution in [1.29, 1.82) is 0 Å². The lowest BCUT2D eigenvalue weighted by Crippen LogP contribution is -2.54. The molecule has 3 rings (SSSR count). The first kappa shape index (κ1) is 24.1. The Bertz CT molecular complexity index is 1110. The number of nitrogens with zero attached hydrogens (tertiary/aromatic N) is 1. The van der Waals surface area contributed by atoms with Crippen molar-refractivity contribution >= 4 is 41.2 Å². The quantitative estimate of drug-likeness (QED) is 0.446. The van der Waals surface area contributed by atoms with Gasteiger partial charge in [-0.2, -0.15) is 0 Å². The maximum atomic E-state index is 13.3. The number of hydrogen-bond acceptors (Lipinski definition) is 6. The van der Waals surface area contributed by atoms with Gasteiger partial charge in [0.2, 0.25) is 0 Å². The topological polar surface area (TPSA) is 94.2 Å². The second-order valence-corrected chi connectivity index (χ2v) is 7.72. The highest BCUT2D eigenvalue weighted by Crippen LogP contribution is 2.35. The molecule has 0 radical (unpaired) electrons. The molecule has 2 aromatic rings. The number of hydrogen-bond donors (Lipinski definition) is 1. The summed E-state index contributed by atoms with van der Waals surface area (Å²) in [5.74, 6) is -0.363. The number of anilines is 1. The second-order valence-electron chi connectivity index (χ2n) is 7.31. The van der Waals surface area contributed by atoms with Crippen molar-refractivity contribution < 1.29 is 28.6 Å². The van der Waals surface area contributed by atoms with E-state index >= 15 is 0 Å². The van der Waals surface area contributed by atoms with Crippen LogP contribution in [0.3, 0.4) is 0 Å². The van der Waals surface area contributed by atoms with Crippen molar-refractivity contribution in [2.75, 3.05) is 18.1 Å². The molecule has 0 aromatic heterocycles. The summed E-state index contributed by atoms with van der Waals surface area (Å²) in [5, 5.41) is 2.54. The number of rotatable bonds is 8. The van der Waals surface area contributed by atoms with Crippen LogP contribution in [0, 0.1) is 0 Å². The number of benzene rings is 2. The highest BCUT2D eigenvalue weighted by molar-refractivity contribution is 6.39. The van der Waals surface area contributed by atoms with Crippen molar-refractivity contribution in [2.45, 2.75) is 33.8 Å². The average Bonchev–Trinajstić information content (AvgIpc) is 2.74. The summed E-state index contributed by atoms with van der Waals surface area (Å²) in [6, 6.07) is 8.83. The van der Waals surface area contributed by atoms with Crippen molar-refractivity contribution in [3.05, 3.63) is 52.6 Å². The molecule has 0 unspecified atom stereocenters. The third-order valence-corrected chi connectivity index (χ3v) is 4.81. The van der Waals surface area contributed by atoms with Gasteiger partial charge in [0, 0.05) is 6.07 Å². The van der Waals surface area contributed by atoms with E-state index in [-0.39, 0.29) is 17.4 Å². The minimum Gasteiger partial charge on any atom is -0.494 e. The summed E-state index contributed by atoms with van der Waals surface area (Å²) in [5.41, 5.74) is 0.437. The molecular formula is C24H25ClN2O6. The SMILES string of the molecule is CCOc1ccc(OCC)c(N2C(=O)NC(=O)/C(=C\c3ccc(OC(C)C)c(Cl)c3)C2=O)c1. The number of urea groups is 1. The number of carbonyl (C=O) groups is 3. The number of carbonyl (C=O) groups excluding carboxylic acids is 3. The third kappa shape index (κ3) is 5.46. The number of nitrogens with one attached hydrogen (secondary N) is 1. The van der Waals surface area contributed by atoms with E-state index in [2.05, 4.69) is 5.32 Å². The van der Waals surface area contributed by atoms with Gasteiger partial charge in [0.1, 0.15) is 22.8 Å². The predicted molar refractivity (Wildman–Crippen MR) is 125 cm³/mol. The van der Waals surface area contributed by atoms with Crippen LogP contribution in [0.25, 0.3) is 6.08 Å². The number of ether oxygens (including phenoxy) is 3. The molecule has 1 saturated heterocycles. The van der Waals surface area contributed by atoms with Crippen LogP contribution in [0.15, 0.2) is 42.0 Å². The summed E-state index contributed by atoms with van der Waals surface area (Å²) in [7, 11) is 0. The smallest absolute Gasteiger partial charge is 0.336 e. The first-order valence-electron chi connectivity index (χ1n) is 10.5. The molecule has 0 aliphatic carbocycles. The van der Waals surface area contributed by atoms with Gasteiger partial charge in [-0.05, 0) is 63.6 Å². The summed E-state index contributed by atoms with van der Waals surface area (Å²) in [4.78, 5) is 39.3. The second kappa shape index (κ2) is 10.4. The van der Waals surface area contributed by atoms with Crippen molar-refractivity contribution in [3.8, 4) is 17.2 Å². The predicted octanol–water partition coefficient (Wildman–Crippen LogP) is 4.59. The van der Waals surface area contributed by atoms with Gasteiger partial charge in [-0.1, -0.05) is 17.7 Å². The van der Waals surface area contributed by atoms with Crippen LogP contribution in [-0.2, 0) is 9.59 Å². The fourth-order valence-electron chi connectivity index (χ4n) is 3.21. The number of amides is 4. The molecule has 1 N–H and O–H groups in total. The van der Waals surface area contributed by atoms with E-state index in [4.69, 9.17) is 25.8 Å². The molecule has 1 heterocycles. The van der Waals surface area contributed by atoms with Crippen molar-refractivity contribution in [2.24, 2.45) is 0 Å². The first-order chi connectivity index (χ1) is 15.7. The lowest BCUT2D eigenvalue weighted by atomic mass is 10.1. The van der Waals surface area contributed by atoms with Crippen LogP contribution >= 0.6 is 11.6 Å². The van der Waals surface area contributed by atoms with E-state index in [0.29, 0.717) is 41.0 Å². The molecule has 1 aliphatic rings. The zero-order valence-electron chi connectivity index (χ0n) is 18.8. The maximum absolute atomic E-state index is 13.3. The summed E-state index contributed by atoms with van der Waals surface area (Å²) >= 11 is 6.28. The Labute approximate surface area is 197 Å². The lowest BCUT2D eigenvalue weighted by molar-refractivity contribution is -0.122. The largest absolute Gasteiger partial charge is 0.494 e. The molecule has 4 amide bonds. The lowest BCUT2D eigenvalue weighted by Gasteiger charge is -2.28. The molecule has 0 bridgehead atoms. The molecule has 0 atom stereocenters. The molecule has 9 heteroatoms. The summed E-state index contributed by atoms with van der Waals surface area (Å²) < 4.78 is 16.7. The van der Waals surface area contributed by atoms with E-state index in [9.17, 15) is 14.4 Å². The fraction of sp³-hybridized carbons (Fsp3) is 0.292. The van der Waals surface area contributed by atoms with Gasteiger partial charge in [0.25, 0.3) is 11.8 Å². The van der Waals surface area contributed by atoms with Gasteiger partial charge in [0.05, 0.1) is 30.0 Å². The Hall–Kier alpha value is -3.52. The van der Waals surface area contributed by atoms with E-state index in [1.54, 1.807) is 37.3 Å². The molecule has 2 aromatic carbocycles. The molecule has 33 heavy (non-hydrogen) atoms. The molecule has 1 fully saturated rings. The van der Waals surface area contributed by atoms with Crippen molar-refractivity contribution in [1.82, 2.24) is 5.32 Å². The van der Waals surface area contributed by atoms with Crippen LogP contribution in [0.4, 0.5) is 10.5 Å². The monoisotopic (exact) mass is 472 g/mol. The summed E-state index contributed by atoms with van der Waals surface area (Å²) in [6.07, 6.45) is 1.30. The third-order valence-electron chi connectivity index (χ3n) is 4.51. The Morgan fingerprint density at radius 3 is 2.33 bits per heavy atom. The molecule has 1 aliphatic heterocycles. The standard InChI is InChI=1S/C24H25ClN2O6/c1-5-31-16-8-10-21(32-6-2)19(13-16)27-23(29)17(22(28)26-24(27)30)11-15-7-9-20(18(25)12-15)33-14(3)4/h7-14H,5-6H2,1-4H3,(H,26,28,30)/b17-11+. The van der Waals surface area contributed by atoms with Crippen LogP contribution in [0.2, 0.25) is 5.02 Å². The van der Waals surface area contributed by atoms with E-state index < -0.39 is 17.8 Å². The molecule has 0 spiro atoms. The zero-order chi connectivity index (χ0) is 24.1. The number of barbiturate groups is 1. The van der Waals surface area contributed by atoms with Crippen LogP contribution < -0.4 is 24.4 Å². The fourth-order valence-corrected chi connectivity index (χ4v) is 3.44. The van der Waals surface area contributed by atoms with Gasteiger partial charge >= 0.3 is 6.03 Å². The molecular weight excluding hydrogens is 448 g/mol. The normalized spacial score (nSPS) is 15.2. The van der Waals surface area contributed by atoms with Gasteiger partial charge in [0.15, 0.2) is 0 Å². The Balaban J connectivity index is 2.02. The van der Waals surface area contributed by atoms with Gasteiger partial charge in [-0.3, -0.25) is 14.9 Å². The summed E-state index contributed by atoms with van der Waals surface area (Å²) in [6.45, 7) is 8.06. The van der Waals surface area contributed by atoms with E-state index in [0.717, 1.165) is 4.90 Å². The minimum absolute atomic E-state index is 0.0658. The highest BCUT2D eigenvalue weighted by Gasteiger charge is 2.38. The van der Waals surface area contributed by atoms with Crippen LogP contribution in [-0.4, -0.2) is 37.2 Å². The minimum atomic E-state index is -0.879. The zero-order valence-corrected chi connectivity index (χ0v) is 19.6. The Kier molecular flexibility index (Phi) is 7.60. The van der Waals surface area contributed by atoms with Gasteiger partial charge in [-0.25, -0.2) is 9.69 Å². The van der Waals surface area contributed by atoms with Crippen molar-refractivity contribution in [3.63, 3.8) is 0 Å². The molecule has 174 valence electrons. The van der Waals surface area contributed by atoms with E-state index in [1.165, 1.54) is 12.1 Å². The molecule has 8 nitrogen and oxygen atoms in total. The Morgan fingerprint density at radius 2 is 1.70 bits per heavy atom. The molecule has 0 saturated carbocycles. The average molecular weight is 473 g/mol. The van der Waals surface area contributed by atoms with Gasteiger partial charge < -0.3 is 14.2 Å². The number of imide groups is 2. The van der Waals surface area contributed by atoms with Gasteiger partial charge in [-0.15, -0.1) is 0 Å². The van der Waals surface area contributed by atoms with Crippen LogP contribution in [0.1, 0.15) is 33.3 Å². The maximum Gasteiger partial charge on any atom is 0.336 e. The number of halogens is 1. The highest BCUT2D eigenvalue weighted by atomic mass is 35.5. The van der Waals surface area contributed by atoms with Crippen LogP contribution in [0.5, 0.6) is 17.2 Å². The first-order valence-corrected chi connectivity index (χ1v) is 10.9. The Morgan fingerprint density at radius 1 is 1.00 bits per heavy atom.